The Morgan fingerprint density at radius 2 is 1.71 bits per heavy atom. The third-order valence-corrected chi connectivity index (χ3v) is 2.88. The number of methoxy groups -OCH3 is 1. The fraction of sp³-hybridized carbons (Fsp3) is 0.571. The Hall–Kier alpha value is -1.22. The highest BCUT2D eigenvalue weighted by Gasteiger charge is 2.14. The highest BCUT2D eigenvalue weighted by molar-refractivity contribution is 5.31. The maximum Gasteiger partial charge on any atom is 0.119 e. The summed E-state index contributed by atoms with van der Waals surface area (Å²) >= 11 is 0. The van der Waals surface area contributed by atoms with Crippen LogP contribution in [0.25, 0.3) is 0 Å². The van der Waals surface area contributed by atoms with Gasteiger partial charge in [0, 0.05) is 0 Å². The fourth-order valence-corrected chi connectivity index (χ4v) is 1.51. The molecule has 0 bridgehead atoms. The molecule has 0 aliphatic rings. The van der Waals surface area contributed by atoms with E-state index in [-0.39, 0.29) is 5.41 Å². The molecule has 0 saturated heterocycles. The van der Waals surface area contributed by atoms with Crippen LogP contribution in [-0.4, -0.2) is 20.3 Å². The summed E-state index contributed by atoms with van der Waals surface area (Å²) in [7, 11) is 1.66. The second-order valence-electron chi connectivity index (χ2n) is 5.00. The molecule has 0 saturated carbocycles. The summed E-state index contributed by atoms with van der Waals surface area (Å²) in [5, 5.41) is 0. The van der Waals surface area contributed by atoms with Gasteiger partial charge < -0.3 is 15.2 Å². The summed E-state index contributed by atoms with van der Waals surface area (Å²) in [6.07, 6.45) is 2.11. The lowest BCUT2D eigenvalue weighted by Crippen LogP contribution is -2.23. The van der Waals surface area contributed by atoms with Gasteiger partial charge in [-0.3, -0.25) is 0 Å². The quantitative estimate of drug-likeness (QED) is 0.742. The molecule has 0 radical (unpaired) electrons. The lowest BCUT2D eigenvalue weighted by atomic mass is 9.88. The van der Waals surface area contributed by atoms with Crippen LogP contribution in [-0.2, 0) is 0 Å². The Bertz CT molecular complexity index is 319. The van der Waals surface area contributed by atoms with E-state index in [1.165, 1.54) is 0 Å². The van der Waals surface area contributed by atoms with E-state index in [2.05, 4.69) is 13.8 Å². The number of ether oxygens (including phenoxy) is 2. The molecule has 0 amide bonds. The van der Waals surface area contributed by atoms with Crippen molar-refractivity contribution in [3.63, 3.8) is 0 Å². The van der Waals surface area contributed by atoms with Crippen LogP contribution in [0.15, 0.2) is 24.3 Å². The number of hydrogen-bond acceptors (Lipinski definition) is 3. The van der Waals surface area contributed by atoms with Crippen LogP contribution in [0.3, 0.4) is 0 Å². The lowest BCUT2D eigenvalue weighted by molar-refractivity contribution is 0.261. The van der Waals surface area contributed by atoms with Crippen LogP contribution in [0.1, 0.15) is 26.7 Å². The van der Waals surface area contributed by atoms with Gasteiger partial charge in [-0.1, -0.05) is 13.8 Å². The molecule has 1 aromatic rings. The summed E-state index contributed by atoms with van der Waals surface area (Å²) in [6, 6.07) is 7.65. The van der Waals surface area contributed by atoms with Crippen molar-refractivity contribution in [2.24, 2.45) is 11.1 Å². The van der Waals surface area contributed by atoms with Gasteiger partial charge in [0.2, 0.25) is 0 Å². The average Bonchev–Trinajstić information content (AvgIpc) is 2.35. The zero-order valence-electron chi connectivity index (χ0n) is 11.0. The molecular weight excluding hydrogens is 214 g/mol. The SMILES string of the molecule is COc1ccc(OCCCC(C)(C)CN)cc1. The molecule has 3 nitrogen and oxygen atoms in total. The van der Waals surface area contributed by atoms with Crippen LogP contribution in [0.5, 0.6) is 11.5 Å². The summed E-state index contributed by atoms with van der Waals surface area (Å²) in [5.74, 6) is 1.73. The van der Waals surface area contributed by atoms with Gasteiger partial charge in [-0.2, -0.15) is 0 Å². The monoisotopic (exact) mass is 237 g/mol. The van der Waals surface area contributed by atoms with Gasteiger partial charge in [0.25, 0.3) is 0 Å². The van der Waals surface area contributed by atoms with E-state index in [9.17, 15) is 0 Å². The number of benzene rings is 1. The highest BCUT2D eigenvalue weighted by Crippen LogP contribution is 2.21. The minimum Gasteiger partial charge on any atom is -0.497 e. The molecule has 0 aromatic heterocycles. The van der Waals surface area contributed by atoms with Crippen molar-refractivity contribution >= 4 is 0 Å². The Morgan fingerprint density at radius 3 is 2.24 bits per heavy atom. The van der Waals surface area contributed by atoms with Gasteiger partial charge in [-0.05, 0) is 49.1 Å². The molecule has 0 aliphatic carbocycles. The first-order valence-electron chi connectivity index (χ1n) is 6.04. The van der Waals surface area contributed by atoms with Gasteiger partial charge >= 0.3 is 0 Å². The van der Waals surface area contributed by atoms with Crippen molar-refractivity contribution in [1.29, 1.82) is 0 Å². The maximum absolute atomic E-state index is 5.68. The fourth-order valence-electron chi connectivity index (χ4n) is 1.51. The lowest BCUT2D eigenvalue weighted by Gasteiger charge is -2.21. The van der Waals surface area contributed by atoms with Gasteiger partial charge in [-0.15, -0.1) is 0 Å². The molecule has 1 aromatic carbocycles. The van der Waals surface area contributed by atoms with E-state index >= 15 is 0 Å². The van der Waals surface area contributed by atoms with Crippen molar-refractivity contribution in [2.75, 3.05) is 20.3 Å². The van der Waals surface area contributed by atoms with Gasteiger partial charge in [0.05, 0.1) is 13.7 Å². The molecule has 3 heteroatoms. The van der Waals surface area contributed by atoms with E-state index in [1.54, 1.807) is 7.11 Å². The largest absolute Gasteiger partial charge is 0.497 e. The number of nitrogens with two attached hydrogens (primary N) is 1. The van der Waals surface area contributed by atoms with Crippen molar-refractivity contribution in [3.05, 3.63) is 24.3 Å². The summed E-state index contributed by atoms with van der Waals surface area (Å²) in [6.45, 7) is 5.81. The van der Waals surface area contributed by atoms with E-state index in [4.69, 9.17) is 15.2 Å². The minimum absolute atomic E-state index is 0.212. The molecule has 96 valence electrons. The van der Waals surface area contributed by atoms with Gasteiger partial charge in [0.15, 0.2) is 0 Å². The normalized spacial score (nSPS) is 11.3. The topological polar surface area (TPSA) is 44.5 Å². The number of rotatable bonds is 7. The Labute approximate surface area is 104 Å². The van der Waals surface area contributed by atoms with Crippen LogP contribution in [0.4, 0.5) is 0 Å². The molecule has 0 atom stereocenters. The Kier molecular flexibility index (Phi) is 5.29. The van der Waals surface area contributed by atoms with Gasteiger partial charge in [-0.25, -0.2) is 0 Å². The van der Waals surface area contributed by atoms with Crippen molar-refractivity contribution < 1.29 is 9.47 Å². The zero-order chi connectivity index (χ0) is 12.7. The minimum atomic E-state index is 0.212. The molecule has 0 heterocycles. The molecule has 17 heavy (non-hydrogen) atoms. The Balaban J connectivity index is 2.26. The smallest absolute Gasteiger partial charge is 0.119 e. The zero-order valence-corrected chi connectivity index (χ0v) is 11.0. The second kappa shape index (κ2) is 6.50. The van der Waals surface area contributed by atoms with Crippen molar-refractivity contribution in [2.45, 2.75) is 26.7 Å². The number of hydrogen-bond donors (Lipinski definition) is 1. The molecule has 0 fully saturated rings. The van der Waals surface area contributed by atoms with E-state index in [0.717, 1.165) is 37.5 Å². The van der Waals surface area contributed by atoms with Crippen LogP contribution in [0.2, 0.25) is 0 Å². The molecule has 1 rings (SSSR count). The van der Waals surface area contributed by atoms with E-state index in [1.807, 2.05) is 24.3 Å². The third-order valence-electron chi connectivity index (χ3n) is 2.88. The standard InChI is InChI=1S/C14H23NO2/c1-14(2,11-15)9-4-10-17-13-7-5-12(16-3)6-8-13/h5-8H,4,9-11,15H2,1-3H3. The summed E-state index contributed by atoms with van der Waals surface area (Å²) < 4.78 is 10.7. The Morgan fingerprint density at radius 1 is 1.12 bits per heavy atom. The third kappa shape index (κ3) is 5.09. The van der Waals surface area contributed by atoms with E-state index < -0.39 is 0 Å². The molecule has 2 N–H and O–H groups in total. The molecule has 0 unspecified atom stereocenters. The average molecular weight is 237 g/mol. The van der Waals surface area contributed by atoms with Crippen molar-refractivity contribution in [3.8, 4) is 11.5 Å². The molecule has 0 spiro atoms. The predicted molar refractivity (Wildman–Crippen MR) is 70.6 cm³/mol. The first-order chi connectivity index (χ1) is 8.07. The second-order valence-corrected chi connectivity index (χ2v) is 5.00. The summed E-state index contributed by atoms with van der Waals surface area (Å²) in [4.78, 5) is 0. The van der Waals surface area contributed by atoms with Gasteiger partial charge in [0.1, 0.15) is 11.5 Å². The first kappa shape index (κ1) is 13.8. The van der Waals surface area contributed by atoms with Crippen LogP contribution in [0, 0.1) is 5.41 Å². The van der Waals surface area contributed by atoms with Crippen LogP contribution < -0.4 is 15.2 Å². The maximum atomic E-state index is 5.68. The predicted octanol–water partition coefficient (Wildman–Crippen LogP) is 2.84. The molecule has 0 aliphatic heterocycles. The van der Waals surface area contributed by atoms with Crippen LogP contribution >= 0.6 is 0 Å². The first-order valence-corrected chi connectivity index (χ1v) is 6.04. The van der Waals surface area contributed by atoms with E-state index in [0.29, 0.717) is 0 Å². The highest BCUT2D eigenvalue weighted by atomic mass is 16.5. The molecular formula is C14H23NO2. The summed E-state index contributed by atoms with van der Waals surface area (Å²) in [5.41, 5.74) is 5.89. The van der Waals surface area contributed by atoms with Crippen molar-refractivity contribution in [1.82, 2.24) is 0 Å².